The number of nitrogens with one attached hydrogen (secondary N) is 1. The van der Waals surface area contributed by atoms with Crippen LogP contribution in [-0.4, -0.2) is 79.9 Å². The number of nitrogens with two attached hydrogens (primary N) is 1. The maximum absolute atomic E-state index is 11.3. The Morgan fingerprint density at radius 2 is 1.14 bits per heavy atom. The van der Waals surface area contributed by atoms with Crippen molar-refractivity contribution >= 4 is 11.9 Å². The number of unbranched alkanes of at least 4 members (excludes halogenated alkanes) is 10. The van der Waals surface area contributed by atoms with Crippen molar-refractivity contribution in [3.63, 3.8) is 0 Å². The first kappa shape index (κ1) is 38.3. The van der Waals surface area contributed by atoms with E-state index < -0.39 is 5.97 Å². The number of aliphatic hydroxyl groups is 2. The molecule has 0 spiro atoms. The number of hydrogen-bond acceptors (Lipinski definition) is 7. The highest BCUT2D eigenvalue weighted by Crippen LogP contribution is 2.07. The van der Waals surface area contributed by atoms with Gasteiger partial charge in [-0.25, -0.2) is 0 Å². The summed E-state index contributed by atoms with van der Waals surface area (Å²) in [4.78, 5) is 21.4. The number of carboxylic acid groups (broad SMARTS) is 1. The Balaban J connectivity index is -0.000000486. The Hall–Kier alpha value is -1.26. The first-order valence-electron chi connectivity index (χ1n) is 13.6. The zero-order chi connectivity index (χ0) is 26.8. The van der Waals surface area contributed by atoms with Crippen LogP contribution in [0.5, 0.6) is 0 Å². The summed E-state index contributed by atoms with van der Waals surface area (Å²) in [5.41, 5.74) is 5.06. The van der Waals surface area contributed by atoms with Gasteiger partial charge in [-0.2, -0.15) is 0 Å². The van der Waals surface area contributed by atoms with Gasteiger partial charge in [-0.05, 0) is 12.8 Å². The van der Waals surface area contributed by atoms with Crippen molar-refractivity contribution < 1.29 is 34.4 Å². The Kier molecular flexibility index (Phi) is 40.8. The Bertz CT molecular complexity index is 409. The van der Waals surface area contributed by atoms with Gasteiger partial charge in [0.15, 0.2) is 0 Å². The summed E-state index contributed by atoms with van der Waals surface area (Å²) in [5, 5.41) is 27.7. The van der Waals surface area contributed by atoms with E-state index >= 15 is 0 Å². The van der Waals surface area contributed by atoms with Gasteiger partial charge in [0, 0.05) is 25.9 Å². The van der Waals surface area contributed by atoms with Gasteiger partial charge in [0.25, 0.3) is 0 Å². The van der Waals surface area contributed by atoms with Gasteiger partial charge < -0.3 is 35.8 Å². The van der Waals surface area contributed by atoms with Gasteiger partial charge in [0.05, 0.1) is 39.6 Å². The second-order valence-electron chi connectivity index (χ2n) is 8.24. The normalized spacial score (nSPS) is 10.1. The fraction of sp³-hybridized carbons (Fsp3) is 0.923. The van der Waals surface area contributed by atoms with Crippen LogP contribution in [0, 0.1) is 0 Å². The highest BCUT2D eigenvalue weighted by Gasteiger charge is 2.00. The van der Waals surface area contributed by atoms with E-state index in [1.165, 1.54) is 51.4 Å². The number of rotatable bonds is 23. The van der Waals surface area contributed by atoms with E-state index in [0.29, 0.717) is 52.4 Å². The van der Waals surface area contributed by atoms with E-state index in [4.69, 9.17) is 30.5 Å². The van der Waals surface area contributed by atoms with Crippen molar-refractivity contribution in [1.29, 1.82) is 0 Å². The molecule has 6 N–H and O–H groups in total. The molecular weight excluding hydrogens is 452 g/mol. The van der Waals surface area contributed by atoms with Crippen molar-refractivity contribution in [2.75, 3.05) is 52.7 Å². The summed E-state index contributed by atoms with van der Waals surface area (Å²) >= 11 is 0. The standard InChI is InChI=1S/C13H27NO3.C9H18O2.C4H11NO2/c1-2-3-4-5-6-7-8-13(16)14-9-11-17-12-10-15;1-2-3-4-5-6-7-8-9(10)11;5-1-3-7-4-2-6/h15H,2-12H2,1H3,(H,14,16);2-8H2,1H3,(H,10,11);6H,1-5H2. The molecule has 0 aliphatic rings. The summed E-state index contributed by atoms with van der Waals surface area (Å²) in [5.74, 6) is -0.561. The van der Waals surface area contributed by atoms with E-state index in [2.05, 4.69) is 19.2 Å². The van der Waals surface area contributed by atoms with Crippen LogP contribution >= 0.6 is 0 Å². The van der Waals surface area contributed by atoms with Crippen molar-refractivity contribution in [3.05, 3.63) is 0 Å². The molecule has 212 valence electrons. The first-order valence-corrected chi connectivity index (χ1v) is 13.6. The molecule has 0 fully saturated rings. The van der Waals surface area contributed by atoms with E-state index in [9.17, 15) is 9.59 Å². The summed E-state index contributed by atoms with van der Waals surface area (Å²) in [7, 11) is 0. The lowest BCUT2D eigenvalue weighted by atomic mass is 10.1. The van der Waals surface area contributed by atoms with Gasteiger partial charge in [-0.3, -0.25) is 9.59 Å². The molecule has 0 aromatic heterocycles. The highest BCUT2D eigenvalue weighted by atomic mass is 16.5. The van der Waals surface area contributed by atoms with E-state index in [-0.39, 0.29) is 19.1 Å². The largest absolute Gasteiger partial charge is 0.481 e. The zero-order valence-electron chi connectivity index (χ0n) is 22.6. The Labute approximate surface area is 214 Å². The van der Waals surface area contributed by atoms with Crippen LogP contribution in [0.15, 0.2) is 0 Å². The van der Waals surface area contributed by atoms with Gasteiger partial charge in [-0.15, -0.1) is 0 Å². The minimum atomic E-state index is -0.666. The number of ether oxygens (including phenoxy) is 2. The van der Waals surface area contributed by atoms with Crippen LogP contribution in [0.3, 0.4) is 0 Å². The Morgan fingerprint density at radius 3 is 1.60 bits per heavy atom. The second-order valence-corrected chi connectivity index (χ2v) is 8.24. The second kappa shape index (κ2) is 37.3. The molecule has 0 aliphatic heterocycles. The molecule has 0 bridgehead atoms. The highest BCUT2D eigenvalue weighted by molar-refractivity contribution is 5.75. The molecule has 0 saturated heterocycles. The number of amides is 1. The van der Waals surface area contributed by atoms with Crippen LogP contribution in [0.4, 0.5) is 0 Å². The monoisotopic (exact) mass is 508 g/mol. The quantitative estimate of drug-likeness (QED) is 0.131. The smallest absolute Gasteiger partial charge is 0.303 e. The molecule has 0 radical (unpaired) electrons. The third-order valence-corrected chi connectivity index (χ3v) is 4.80. The van der Waals surface area contributed by atoms with Crippen molar-refractivity contribution in [2.45, 2.75) is 104 Å². The predicted octanol–water partition coefficient (Wildman–Crippen LogP) is 3.64. The molecule has 0 heterocycles. The van der Waals surface area contributed by atoms with Gasteiger partial charge >= 0.3 is 5.97 Å². The SMILES string of the molecule is CCCCCCCCC(=O)NCCOCCO.CCCCCCCCC(=O)O.NCCOCCO. The average molecular weight is 509 g/mol. The lowest BCUT2D eigenvalue weighted by Gasteiger charge is -2.05. The van der Waals surface area contributed by atoms with E-state index in [1.54, 1.807) is 0 Å². The third-order valence-electron chi connectivity index (χ3n) is 4.80. The molecule has 35 heavy (non-hydrogen) atoms. The zero-order valence-corrected chi connectivity index (χ0v) is 22.6. The van der Waals surface area contributed by atoms with E-state index in [0.717, 1.165) is 25.7 Å². The Morgan fingerprint density at radius 1 is 0.686 bits per heavy atom. The summed E-state index contributed by atoms with van der Waals surface area (Å²) in [6.07, 6.45) is 15.1. The van der Waals surface area contributed by atoms with Crippen LogP contribution in [0.1, 0.15) is 104 Å². The number of hydrogen-bond donors (Lipinski definition) is 5. The third kappa shape index (κ3) is 46.7. The molecule has 1 amide bonds. The van der Waals surface area contributed by atoms with Crippen molar-refractivity contribution in [3.8, 4) is 0 Å². The maximum atomic E-state index is 11.3. The van der Waals surface area contributed by atoms with E-state index in [1.807, 2.05) is 0 Å². The predicted molar refractivity (Wildman–Crippen MR) is 141 cm³/mol. The minimum Gasteiger partial charge on any atom is -0.481 e. The molecule has 0 rings (SSSR count). The molecule has 0 aromatic rings. The molecule has 9 nitrogen and oxygen atoms in total. The molecule has 0 atom stereocenters. The fourth-order valence-electron chi connectivity index (χ4n) is 2.89. The van der Waals surface area contributed by atoms with Gasteiger partial charge in [-0.1, -0.05) is 78.1 Å². The lowest BCUT2D eigenvalue weighted by Crippen LogP contribution is -2.27. The summed E-state index contributed by atoms with van der Waals surface area (Å²) in [6, 6.07) is 0. The molecule has 0 aromatic carbocycles. The lowest BCUT2D eigenvalue weighted by molar-refractivity contribution is -0.137. The molecule has 0 saturated carbocycles. The molecule has 0 unspecified atom stereocenters. The van der Waals surface area contributed by atoms with Crippen molar-refractivity contribution in [2.24, 2.45) is 5.73 Å². The number of carboxylic acids is 1. The maximum Gasteiger partial charge on any atom is 0.303 e. The summed E-state index contributed by atoms with van der Waals surface area (Å²) in [6.45, 7) is 7.32. The number of aliphatic hydroxyl groups excluding tert-OH is 2. The molecule has 9 heteroatoms. The topological polar surface area (TPSA) is 151 Å². The van der Waals surface area contributed by atoms with Crippen LogP contribution in [0.2, 0.25) is 0 Å². The van der Waals surface area contributed by atoms with Crippen LogP contribution < -0.4 is 11.1 Å². The molecular formula is C26H56N2O7. The number of aliphatic carboxylic acids is 1. The number of carbonyl (C=O) groups excluding carboxylic acids is 1. The fourth-order valence-corrected chi connectivity index (χ4v) is 2.89. The van der Waals surface area contributed by atoms with Crippen LogP contribution in [-0.2, 0) is 19.1 Å². The summed E-state index contributed by atoms with van der Waals surface area (Å²) < 4.78 is 9.80. The van der Waals surface area contributed by atoms with Crippen molar-refractivity contribution in [1.82, 2.24) is 5.32 Å². The first-order chi connectivity index (χ1) is 17.0. The molecule has 0 aliphatic carbocycles. The minimum absolute atomic E-state index is 0.0334. The average Bonchev–Trinajstić information content (AvgIpc) is 2.84. The van der Waals surface area contributed by atoms with Gasteiger partial charge in [0.1, 0.15) is 0 Å². The number of carbonyl (C=O) groups is 2. The van der Waals surface area contributed by atoms with Crippen LogP contribution in [0.25, 0.3) is 0 Å². The van der Waals surface area contributed by atoms with Gasteiger partial charge in [0.2, 0.25) is 5.91 Å².